The molecule has 0 aromatic heterocycles. The lowest BCUT2D eigenvalue weighted by atomic mass is 10.1. The van der Waals surface area contributed by atoms with Crippen molar-refractivity contribution in [2.24, 2.45) is 0 Å². The highest BCUT2D eigenvalue weighted by atomic mass is 35.5. The zero-order chi connectivity index (χ0) is 12.3. The molecule has 0 spiro atoms. The van der Waals surface area contributed by atoms with E-state index in [0.29, 0.717) is 0 Å². The lowest BCUT2D eigenvalue weighted by Crippen LogP contribution is -2.09. The minimum Gasteiger partial charge on any atom is -0.465 e. The first-order valence-corrected chi connectivity index (χ1v) is 4.69. The Bertz CT molecular complexity index is 396. The fourth-order valence-corrected chi connectivity index (χ4v) is 1.40. The Morgan fingerprint density at radius 2 is 2.12 bits per heavy atom. The molecule has 1 unspecified atom stereocenters. The molecule has 0 heterocycles. The van der Waals surface area contributed by atoms with Crippen LogP contribution in [-0.2, 0) is 4.74 Å². The predicted octanol–water partition coefficient (Wildman–Crippen LogP) is 2.43. The first-order valence-electron chi connectivity index (χ1n) is 4.31. The van der Waals surface area contributed by atoms with Crippen LogP contribution in [0.25, 0.3) is 0 Å². The van der Waals surface area contributed by atoms with Crippen molar-refractivity contribution in [3.05, 3.63) is 34.3 Å². The fraction of sp³-hybridized carbons (Fsp3) is 0.300. The minimum absolute atomic E-state index is 0.0379. The molecule has 0 bridgehead atoms. The molecule has 0 amide bonds. The third kappa shape index (κ3) is 2.68. The summed E-state index contributed by atoms with van der Waals surface area (Å²) < 4.78 is 28.8. The van der Waals surface area contributed by atoms with E-state index in [-0.39, 0.29) is 16.1 Å². The zero-order valence-electron chi connectivity index (χ0n) is 8.28. The molecule has 0 radical (unpaired) electrons. The highest BCUT2D eigenvalue weighted by Crippen LogP contribution is 2.25. The Hall–Kier alpha value is -1.20. The van der Waals surface area contributed by atoms with Crippen LogP contribution in [0.4, 0.5) is 8.78 Å². The van der Waals surface area contributed by atoms with Gasteiger partial charge in [0.15, 0.2) is 0 Å². The average molecular weight is 251 g/mol. The second-order valence-corrected chi connectivity index (χ2v) is 3.42. The second kappa shape index (κ2) is 5.23. The van der Waals surface area contributed by atoms with Gasteiger partial charge in [-0.1, -0.05) is 17.7 Å². The summed E-state index contributed by atoms with van der Waals surface area (Å²) in [6.07, 6.45) is -4.82. The monoisotopic (exact) mass is 250 g/mol. The van der Waals surface area contributed by atoms with Crippen molar-refractivity contribution >= 4 is 17.6 Å². The standard InChI is InChI=1S/C10H9ClF2O3/c1-16-10(15)6-3-2-5(4-7(6)11)8(14)9(12)13/h2-4,8-9,14H,1H3. The molecular weight excluding hydrogens is 242 g/mol. The summed E-state index contributed by atoms with van der Waals surface area (Å²) in [5.41, 5.74) is 0.0158. The van der Waals surface area contributed by atoms with Gasteiger partial charge in [-0.3, -0.25) is 0 Å². The van der Waals surface area contributed by atoms with Gasteiger partial charge < -0.3 is 9.84 Å². The fourth-order valence-electron chi connectivity index (χ4n) is 1.14. The average Bonchev–Trinajstić information content (AvgIpc) is 2.26. The number of rotatable bonds is 3. The van der Waals surface area contributed by atoms with Gasteiger partial charge in [0.05, 0.1) is 17.7 Å². The maximum Gasteiger partial charge on any atom is 0.339 e. The molecule has 0 aliphatic carbocycles. The van der Waals surface area contributed by atoms with Crippen molar-refractivity contribution in [3.8, 4) is 0 Å². The maximum atomic E-state index is 12.2. The maximum absolute atomic E-state index is 12.2. The molecule has 3 nitrogen and oxygen atoms in total. The SMILES string of the molecule is COC(=O)c1ccc(C(O)C(F)F)cc1Cl. The van der Waals surface area contributed by atoms with Gasteiger partial charge in [0.2, 0.25) is 0 Å². The van der Waals surface area contributed by atoms with Gasteiger partial charge >= 0.3 is 5.97 Å². The lowest BCUT2D eigenvalue weighted by Gasteiger charge is -2.11. The quantitative estimate of drug-likeness (QED) is 0.838. The van der Waals surface area contributed by atoms with Crippen LogP contribution in [0.3, 0.4) is 0 Å². The van der Waals surface area contributed by atoms with Crippen LogP contribution in [0.15, 0.2) is 18.2 Å². The van der Waals surface area contributed by atoms with Crippen LogP contribution < -0.4 is 0 Å². The van der Waals surface area contributed by atoms with E-state index in [0.717, 1.165) is 6.07 Å². The van der Waals surface area contributed by atoms with Crippen LogP contribution in [0.5, 0.6) is 0 Å². The minimum atomic E-state index is -2.90. The van der Waals surface area contributed by atoms with E-state index in [1.54, 1.807) is 0 Å². The van der Waals surface area contributed by atoms with Crippen LogP contribution in [0.2, 0.25) is 5.02 Å². The number of carbonyl (C=O) groups is 1. The Morgan fingerprint density at radius 3 is 2.56 bits per heavy atom. The number of hydrogen-bond donors (Lipinski definition) is 1. The topological polar surface area (TPSA) is 46.5 Å². The second-order valence-electron chi connectivity index (χ2n) is 3.01. The molecule has 0 saturated heterocycles. The van der Waals surface area contributed by atoms with Crippen LogP contribution in [0, 0.1) is 0 Å². The number of carbonyl (C=O) groups excluding carboxylic acids is 1. The van der Waals surface area contributed by atoms with E-state index in [2.05, 4.69) is 4.74 Å². The number of aliphatic hydroxyl groups excluding tert-OH is 1. The third-order valence-corrected chi connectivity index (χ3v) is 2.29. The van der Waals surface area contributed by atoms with Gasteiger partial charge in [-0.25, -0.2) is 13.6 Å². The molecule has 0 aliphatic rings. The molecule has 1 aromatic carbocycles. The van der Waals surface area contributed by atoms with Crippen LogP contribution in [-0.4, -0.2) is 24.6 Å². The molecule has 1 atom stereocenters. The highest BCUT2D eigenvalue weighted by Gasteiger charge is 2.21. The number of ether oxygens (including phenoxy) is 1. The molecule has 88 valence electrons. The van der Waals surface area contributed by atoms with E-state index < -0.39 is 18.5 Å². The zero-order valence-corrected chi connectivity index (χ0v) is 9.04. The predicted molar refractivity (Wildman–Crippen MR) is 53.8 cm³/mol. The van der Waals surface area contributed by atoms with Crippen LogP contribution >= 0.6 is 11.6 Å². The summed E-state index contributed by atoms with van der Waals surface area (Å²) in [6.45, 7) is 0. The van der Waals surface area contributed by atoms with E-state index in [4.69, 9.17) is 16.7 Å². The molecule has 6 heteroatoms. The largest absolute Gasteiger partial charge is 0.465 e. The first-order chi connectivity index (χ1) is 7.47. The Kier molecular flexibility index (Phi) is 4.20. The number of hydrogen-bond acceptors (Lipinski definition) is 3. The Labute approximate surface area is 95.6 Å². The van der Waals surface area contributed by atoms with Crippen molar-refractivity contribution in [2.45, 2.75) is 12.5 Å². The molecule has 0 saturated carbocycles. The summed E-state index contributed by atoms with van der Waals surface area (Å²) in [5, 5.41) is 9.05. The molecule has 0 aliphatic heterocycles. The number of benzene rings is 1. The van der Waals surface area contributed by atoms with Crippen molar-refractivity contribution < 1.29 is 23.4 Å². The number of aliphatic hydroxyl groups is 1. The third-order valence-electron chi connectivity index (χ3n) is 1.98. The summed E-state index contributed by atoms with van der Waals surface area (Å²) in [7, 11) is 1.18. The molecule has 16 heavy (non-hydrogen) atoms. The lowest BCUT2D eigenvalue weighted by molar-refractivity contribution is -0.00578. The summed E-state index contributed by atoms with van der Waals surface area (Å²) in [6, 6.07) is 3.55. The molecule has 0 fully saturated rings. The van der Waals surface area contributed by atoms with E-state index in [1.165, 1.54) is 19.2 Å². The molecule has 1 N–H and O–H groups in total. The van der Waals surface area contributed by atoms with Gasteiger partial charge in [0.1, 0.15) is 6.10 Å². The van der Waals surface area contributed by atoms with Gasteiger partial charge in [-0.2, -0.15) is 0 Å². The van der Waals surface area contributed by atoms with Gasteiger partial charge in [0.25, 0.3) is 6.43 Å². The molecule has 1 aromatic rings. The Morgan fingerprint density at radius 1 is 1.50 bits per heavy atom. The smallest absolute Gasteiger partial charge is 0.339 e. The van der Waals surface area contributed by atoms with Crippen molar-refractivity contribution in [3.63, 3.8) is 0 Å². The van der Waals surface area contributed by atoms with Crippen molar-refractivity contribution in [1.82, 2.24) is 0 Å². The summed E-state index contributed by atoms with van der Waals surface area (Å²) in [5.74, 6) is -0.664. The van der Waals surface area contributed by atoms with Crippen molar-refractivity contribution in [2.75, 3.05) is 7.11 Å². The summed E-state index contributed by atoms with van der Waals surface area (Å²) >= 11 is 5.69. The number of esters is 1. The number of halogens is 3. The Balaban J connectivity index is 3.04. The number of alkyl halides is 2. The first kappa shape index (κ1) is 12.9. The summed E-state index contributed by atoms with van der Waals surface area (Å²) in [4.78, 5) is 11.1. The van der Waals surface area contributed by atoms with Crippen LogP contribution in [0.1, 0.15) is 22.0 Å². The number of methoxy groups -OCH3 is 1. The molecular formula is C10H9ClF2O3. The van der Waals surface area contributed by atoms with Crippen molar-refractivity contribution in [1.29, 1.82) is 0 Å². The normalized spacial score (nSPS) is 12.6. The van der Waals surface area contributed by atoms with E-state index in [9.17, 15) is 13.6 Å². The van der Waals surface area contributed by atoms with E-state index in [1.807, 2.05) is 0 Å². The van der Waals surface area contributed by atoms with Gasteiger partial charge in [-0.15, -0.1) is 0 Å². The van der Waals surface area contributed by atoms with Gasteiger partial charge in [-0.05, 0) is 17.7 Å². The van der Waals surface area contributed by atoms with Gasteiger partial charge in [0, 0.05) is 0 Å². The highest BCUT2D eigenvalue weighted by molar-refractivity contribution is 6.33. The van der Waals surface area contributed by atoms with E-state index >= 15 is 0 Å². The molecule has 1 rings (SSSR count).